The van der Waals surface area contributed by atoms with Gasteiger partial charge in [-0.3, -0.25) is 4.79 Å². The lowest BCUT2D eigenvalue weighted by atomic mass is 9.82. The molecule has 0 bridgehead atoms. The molecule has 0 saturated heterocycles. The zero-order chi connectivity index (χ0) is 9.78. The standard InChI is InChI=1S/C9H19NOS/c1-7(9(2,3)4)5-10-8(11)6-12/h7,12H,5-6H2,1-4H3,(H,10,11). The van der Waals surface area contributed by atoms with Crippen LogP contribution in [0.2, 0.25) is 0 Å². The lowest BCUT2D eigenvalue weighted by Crippen LogP contribution is -2.34. The fourth-order valence-electron chi connectivity index (χ4n) is 0.629. The molecule has 1 unspecified atom stereocenters. The fourth-order valence-corrected chi connectivity index (χ4v) is 0.741. The van der Waals surface area contributed by atoms with Gasteiger partial charge in [-0.25, -0.2) is 0 Å². The van der Waals surface area contributed by atoms with Gasteiger partial charge >= 0.3 is 0 Å². The van der Waals surface area contributed by atoms with Gasteiger partial charge in [0.2, 0.25) is 5.91 Å². The molecule has 12 heavy (non-hydrogen) atoms. The molecule has 1 amide bonds. The minimum Gasteiger partial charge on any atom is -0.355 e. The topological polar surface area (TPSA) is 29.1 Å². The van der Waals surface area contributed by atoms with E-state index in [4.69, 9.17) is 0 Å². The maximum Gasteiger partial charge on any atom is 0.229 e. The molecule has 1 N–H and O–H groups in total. The quantitative estimate of drug-likeness (QED) is 0.650. The van der Waals surface area contributed by atoms with Gasteiger partial charge in [0.1, 0.15) is 0 Å². The van der Waals surface area contributed by atoms with Crippen LogP contribution in [0, 0.1) is 11.3 Å². The van der Waals surface area contributed by atoms with Crippen LogP contribution in [-0.2, 0) is 4.79 Å². The first kappa shape index (κ1) is 11.8. The summed E-state index contributed by atoms with van der Waals surface area (Å²) >= 11 is 3.88. The summed E-state index contributed by atoms with van der Waals surface area (Å²) < 4.78 is 0. The maximum atomic E-state index is 10.9. The number of carbonyl (C=O) groups excluding carboxylic acids is 1. The van der Waals surface area contributed by atoms with Crippen molar-refractivity contribution in [1.29, 1.82) is 0 Å². The van der Waals surface area contributed by atoms with Gasteiger partial charge in [-0.15, -0.1) is 0 Å². The summed E-state index contributed by atoms with van der Waals surface area (Å²) in [6.07, 6.45) is 0. The van der Waals surface area contributed by atoms with Gasteiger partial charge in [0.05, 0.1) is 5.75 Å². The van der Waals surface area contributed by atoms with Crippen LogP contribution >= 0.6 is 12.6 Å². The second-order valence-electron chi connectivity index (χ2n) is 4.23. The van der Waals surface area contributed by atoms with Crippen LogP contribution in [0.15, 0.2) is 0 Å². The van der Waals surface area contributed by atoms with Crippen molar-refractivity contribution in [2.45, 2.75) is 27.7 Å². The summed E-state index contributed by atoms with van der Waals surface area (Å²) in [6, 6.07) is 0. The average Bonchev–Trinajstić information content (AvgIpc) is 1.97. The Morgan fingerprint density at radius 2 is 2.00 bits per heavy atom. The summed E-state index contributed by atoms with van der Waals surface area (Å²) in [7, 11) is 0. The summed E-state index contributed by atoms with van der Waals surface area (Å²) in [5, 5.41) is 2.82. The molecule has 0 heterocycles. The minimum absolute atomic E-state index is 0.00873. The lowest BCUT2D eigenvalue weighted by molar-refractivity contribution is -0.118. The molecule has 0 aromatic heterocycles. The summed E-state index contributed by atoms with van der Waals surface area (Å²) in [6.45, 7) is 9.39. The predicted molar refractivity (Wildman–Crippen MR) is 55.5 cm³/mol. The van der Waals surface area contributed by atoms with Crippen LogP contribution in [0.4, 0.5) is 0 Å². The summed E-state index contributed by atoms with van der Waals surface area (Å²) in [5.41, 5.74) is 0.254. The molecular formula is C9H19NOS. The van der Waals surface area contributed by atoms with E-state index in [2.05, 4.69) is 45.6 Å². The molecule has 0 aromatic carbocycles. The summed E-state index contributed by atoms with van der Waals surface area (Å²) in [5.74, 6) is 0.771. The van der Waals surface area contributed by atoms with E-state index in [0.717, 1.165) is 6.54 Å². The molecule has 0 rings (SSSR count). The highest BCUT2D eigenvalue weighted by Crippen LogP contribution is 2.24. The van der Waals surface area contributed by atoms with Gasteiger partial charge in [0.15, 0.2) is 0 Å². The van der Waals surface area contributed by atoms with E-state index in [1.54, 1.807) is 0 Å². The van der Waals surface area contributed by atoms with Crippen LogP contribution in [0.3, 0.4) is 0 Å². The molecule has 0 aliphatic carbocycles. The van der Waals surface area contributed by atoms with Crippen molar-refractivity contribution in [1.82, 2.24) is 5.32 Å². The molecule has 3 heteroatoms. The summed E-state index contributed by atoms with van der Waals surface area (Å²) in [4.78, 5) is 10.9. The highest BCUT2D eigenvalue weighted by molar-refractivity contribution is 7.81. The second-order valence-corrected chi connectivity index (χ2v) is 4.55. The molecule has 0 aliphatic heterocycles. The Balaban J connectivity index is 3.72. The highest BCUT2D eigenvalue weighted by Gasteiger charge is 2.19. The van der Waals surface area contributed by atoms with Gasteiger partial charge in [-0.2, -0.15) is 12.6 Å². The Kier molecular flexibility index (Phi) is 4.68. The zero-order valence-corrected chi connectivity index (χ0v) is 9.24. The monoisotopic (exact) mass is 189 g/mol. The highest BCUT2D eigenvalue weighted by atomic mass is 32.1. The van der Waals surface area contributed by atoms with Crippen LogP contribution in [-0.4, -0.2) is 18.2 Å². The van der Waals surface area contributed by atoms with E-state index in [9.17, 15) is 4.79 Å². The predicted octanol–water partition coefficient (Wildman–Crippen LogP) is 1.71. The molecule has 0 fully saturated rings. The number of amides is 1. The number of rotatable bonds is 3. The number of nitrogens with one attached hydrogen (secondary N) is 1. The Morgan fingerprint density at radius 3 is 2.33 bits per heavy atom. The van der Waals surface area contributed by atoms with Crippen molar-refractivity contribution >= 4 is 18.5 Å². The normalized spacial score (nSPS) is 14.1. The lowest BCUT2D eigenvalue weighted by Gasteiger charge is -2.27. The number of carbonyl (C=O) groups is 1. The minimum atomic E-state index is 0.00873. The maximum absolute atomic E-state index is 10.9. The van der Waals surface area contributed by atoms with E-state index in [1.165, 1.54) is 0 Å². The number of hydrogen-bond acceptors (Lipinski definition) is 2. The van der Waals surface area contributed by atoms with E-state index < -0.39 is 0 Å². The third kappa shape index (κ3) is 4.65. The molecule has 0 aromatic rings. The largest absolute Gasteiger partial charge is 0.355 e. The molecule has 2 nitrogen and oxygen atoms in total. The average molecular weight is 189 g/mol. The molecule has 72 valence electrons. The van der Waals surface area contributed by atoms with Crippen LogP contribution in [0.25, 0.3) is 0 Å². The Bertz CT molecular complexity index is 151. The van der Waals surface area contributed by atoms with Gasteiger partial charge < -0.3 is 5.32 Å². The van der Waals surface area contributed by atoms with Crippen molar-refractivity contribution in [2.24, 2.45) is 11.3 Å². The van der Waals surface area contributed by atoms with Crippen LogP contribution < -0.4 is 5.32 Å². The van der Waals surface area contributed by atoms with Crippen molar-refractivity contribution in [3.05, 3.63) is 0 Å². The Morgan fingerprint density at radius 1 is 1.50 bits per heavy atom. The third-order valence-corrected chi connectivity index (χ3v) is 2.51. The molecule has 1 atom stereocenters. The zero-order valence-electron chi connectivity index (χ0n) is 8.35. The van der Waals surface area contributed by atoms with Crippen LogP contribution in [0.1, 0.15) is 27.7 Å². The smallest absolute Gasteiger partial charge is 0.229 e. The van der Waals surface area contributed by atoms with Gasteiger partial charge in [-0.1, -0.05) is 27.7 Å². The van der Waals surface area contributed by atoms with Gasteiger partial charge in [0, 0.05) is 6.54 Å². The Labute approximate surface area is 80.5 Å². The molecule has 0 saturated carbocycles. The number of thiol groups is 1. The van der Waals surface area contributed by atoms with Gasteiger partial charge in [0.25, 0.3) is 0 Å². The van der Waals surface area contributed by atoms with Crippen molar-refractivity contribution in [2.75, 3.05) is 12.3 Å². The fraction of sp³-hybridized carbons (Fsp3) is 0.889. The van der Waals surface area contributed by atoms with Crippen molar-refractivity contribution < 1.29 is 4.79 Å². The molecule has 0 aliphatic rings. The first-order valence-corrected chi connectivity index (χ1v) is 4.88. The van der Waals surface area contributed by atoms with Crippen molar-refractivity contribution in [3.63, 3.8) is 0 Å². The van der Waals surface area contributed by atoms with E-state index in [1.807, 2.05) is 0 Å². The SMILES string of the molecule is CC(CNC(=O)CS)C(C)(C)C. The van der Waals surface area contributed by atoms with Crippen LogP contribution in [0.5, 0.6) is 0 Å². The van der Waals surface area contributed by atoms with Crippen molar-refractivity contribution in [3.8, 4) is 0 Å². The first-order chi connectivity index (χ1) is 5.38. The molecular weight excluding hydrogens is 170 g/mol. The van der Waals surface area contributed by atoms with Gasteiger partial charge in [-0.05, 0) is 11.3 Å². The first-order valence-electron chi connectivity index (χ1n) is 4.25. The number of hydrogen-bond donors (Lipinski definition) is 2. The Hall–Kier alpha value is -0.180. The van der Waals surface area contributed by atoms with E-state index >= 15 is 0 Å². The molecule has 0 spiro atoms. The van der Waals surface area contributed by atoms with E-state index in [0.29, 0.717) is 5.92 Å². The third-order valence-electron chi connectivity index (χ3n) is 2.23. The second kappa shape index (κ2) is 4.75. The van der Waals surface area contributed by atoms with E-state index in [-0.39, 0.29) is 17.1 Å². The molecule has 0 radical (unpaired) electrons.